The Morgan fingerprint density at radius 3 is 1.50 bits per heavy atom. The van der Waals surface area contributed by atoms with Gasteiger partial charge in [0.15, 0.2) is 0 Å². The van der Waals surface area contributed by atoms with Crippen molar-refractivity contribution < 1.29 is 69.5 Å². The van der Waals surface area contributed by atoms with Crippen LogP contribution in [0.1, 0.15) is 59.5 Å². The number of anilines is 2. The number of urea groups is 1. The van der Waals surface area contributed by atoms with Gasteiger partial charge in [-0.1, -0.05) is 12.1 Å². The number of hydrazine groups is 4. The third-order valence-corrected chi connectivity index (χ3v) is 6.95. The third-order valence-electron chi connectivity index (χ3n) is 6.95. The predicted molar refractivity (Wildman–Crippen MR) is 216 cm³/mol. The van der Waals surface area contributed by atoms with Crippen molar-refractivity contribution in [2.75, 3.05) is 17.7 Å². The Morgan fingerprint density at radius 1 is 0.586 bits per heavy atom. The maximum absolute atomic E-state index is 12.1. The Balaban J connectivity index is 0.000000936. The van der Waals surface area contributed by atoms with Crippen molar-refractivity contribution >= 4 is 80.4 Å². The van der Waals surface area contributed by atoms with Gasteiger partial charge in [0.2, 0.25) is 18.1 Å². The van der Waals surface area contributed by atoms with E-state index >= 15 is 0 Å². The first-order chi connectivity index (χ1) is 26.8. The van der Waals surface area contributed by atoms with Gasteiger partial charge in [0.05, 0.1) is 11.4 Å². The molecule has 0 fully saturated rings. The second kappa shape index (κ2) is 27.3. The van der Waals surface area contributed by atoms with E-state index in [0.717, 1.165) is 11.1 Å². The molecule has 7 amide bonds. The molecular formula is C36H41N12O8PU. The van der Waals surface area contributed by atoms with Gasteiger partial charge in [0.25, 0.3) is 23.6 Å². The minimum atomic E-state index is -0.661. The molecule has 58 heavy (non-hydrogen) atoms. The summed E-state index contributed by atoms with van der Waals surface area (Å²) < 4.78 is 0. The van der Waals surface area contributed by atoms with Crippen LogP contribution in [-0.2, 0) is 14.4 Å². The minimum absolute atomic E-state index is 0. The molecule has 0 aromatic heterocycles. The minimum Gasteiger partial charge on any atom is -0.326 e. The number of nitrogens with zero attached hydrogens (tertiary/aromatic N) is 2. The molecule has 0 bridgehead atoms. The van der Waals surface area contributed by atoms with Crippen molar-refractivity contribution in [1.29, 1.82) is 0 Å². The van der Waals surface area contributed by atoms with Crippen molar-refractivity contribution in [3.8, 4) is 0 Å². The van der Waals surface area contributed by atoms with E-state index in [1.807, 2.05) is 10.9 Å². The van der Waals surface area contributed by atoms with Crippen molar-refractivity contribution in [1.82, 2.24) is 32.6 Å². The number of nitrogens with one attached hydrogen (secondary N) is 8. The first kappa shape index (κ1) is 51.6. The fraction of sp³-hybridized carbons (Fsp3) is 0.111. The monoisotopic (exact) mass is 1040 g/mol. The summed E-state index contributed by atoms with van der Waals surface area (Å²) in [4.78, 5) is 95.8. The van der Waals surface area contributed by atoms with E-state index in [2.05, 4.69) is 42.3 Å². The quantitative estimate of drug-likeness (QED) is 0.0289. The van der Waals surface area contributed by atoms with Crippen LogP contribution < -0.4 is 54.9 Å². The van der Waals surface area contributed by atoms with Gasteiger partial charge in [-0.05, 0) is 97.8 Å². The molecule has 0 spiro atoms. The summed E-state index contributed by atoms with van der Waals surface area (Å²) in [5, 5.41) is 5.22. The zero-order chi connectivity index (χ0) is 41.6. The van der Waals surface area contributed by atoms with E-state index < -0.39 is 23.8 Å². The van der Waals surface area contributed by atoms with Crippen molar-refractivity contribution in [2.45, 2.75) is 20.8 Å². The number of carbonyl (C=O) groups excluding carboxylic acids is 8. The van der Waals surface area contributed by atoms with Crippen LogP contribution in [0.5, 0.6) is 0 Å². The smallest absolute Gasteiger partial charge is 0.326 e. The summed E-state index contributed by atoms with van der Waals surface area (Å²) in [5.74, 6) is 7.91. The molecule has 0 aliphatic carbocycles. The van der Waals surface area contributed by atoms with E-state index in [-0.39, 0.29) is 58.4 Å². The molecule has 1 unspecified atom stereocenters. The van der Waals surface area contributed by atoms with E-state index in [1.54, 1.807) is 51.2 Å². The number of amides is 7. The standard InChI is InChI=1S/C19H22N6O4.C9H6N2O2.C8H10N4O2.H3P.U/c1-11-4-9-15(21-12(2)26)10-16(11)22-19(29)25-24-18(28)14-7-5-13(6-8-14)17(27)23-20-3;1-7-2-3-8(10-5-12)4-9(7)11-6-13;9-11-7(13)5-1-2-6(4-3-5)8(14)12-10;;/h4-10,20H,1-3H3,(H,21,26)(H,23,27)(H,24,28)(H2,22,25,29);2-4H,1H3;1-4H,9-10H2,(H,11,13)(H,12,14);1H3;. The van der Waals surface area contributed by atoms with Gasteiger partial charge in [0, 0.05) is 78.7 Å². The zero-order valence-electron chi connectivity index (χ0n) is 31.6. The van der Waals surface area contributed by atoms with E-state index in [4.69, 9.17) is 11.7 Å². The topological polar surface area (TPSA) is 310 Å². The summed E-state index contributed by atoms with van der Waals surface area (Å²) in [5.41, 5.74) is 18.3. The fourth-order valence-electron chi connectivity index (χ4n) is 4.16. The van der Waals surface area contributed by atoms with Gasteiger partial charge < -0.3 is 10.6 Å². The van der Waals surface area contributed by atoms with E-state index in [1.165, 1.54) is 73.7 Å². The average Bonchev–Trinajstić information content (AvgIpc) is 3.19. The number of aryl methyl sites for hydroxylation is 2. The predicted octanol–water partition coefficient (Wildman–Crippen LogP) is 2.17. The molecule has 4 rings (SSSR count). The number of rotatable bonds is 9. The van der Waals surface area contributed by atoms with Crippen LogP contribution in [0.3, 0.4) is 0 Å². The van der Waals surface area contributed by atoms with Gasteiger partial charge in [-0.2, -0.15) is 19.9 Å². The average molecular weight is 1040 g/mol. The second-order valence-electron chi connectivity index (χ2n) is 10.9. The van der Waals surface area contributed by atoms with E-state index in [0.29, 0.717) is 39.4 Å². The van der Waals surface area contributed by atoms with Crippen LogP contribution in [0, 0.1) is 45.0 Å². The van der Waals surface area contributed by atoms with Gasteiger partial charge in [-0.3, -0.25) is 45.7 Å². The Morgan fingerprint density at radius 2 is 1.05 bits per heavy atom. The molecule has 1 atom stereocenters. The van der Waals surface area contributed by atoms with Crippen LogP contribution >= 0.6 is 9.90 Å². The van der Waals surface area contributed by atoms with Crippen LogP contribution in [0.4, 0.5) is 27.5 Å². The van der Waals surface area contributed by atoms with Gasteiger partial charge in [-0.25, -0.2) is 36.9 Å². The number of nitrogens with two attached hydrogens (primary N) is 2. The number of isocyanates is 2. The van der Waals surface area contributed by atoms with Crippen LogP contribution in [0.2, 0.25) is 0 Å². The Kier molecular flexibility index (Phi) is 24.3. The molecule has 4 aromatic rings. The molecule has 20 nitrogen and oxygen atoms in total. The Bertz CT molecular complexity index is 2130. The number of aliphatic imine (C=N–C) groups is 2. The van der Waals surface area contributed by atoms with Crippen LogP contribution in [-0.4, -0.2) is 54.8 Å². The number of hydrogen-bond acceptors (Lipinski definition) is 13. The van der Waals surface area contributed by atoms with Crippen LogP contribution in [0.25, 0.3) is 0 Å². The second-order valence-corrected chi connectivity index (χ2v) is 10.9. The first-order valence-corrected chi connectivity index (χ1v) is 16.0. The summed E-state index contributed by atoms with van der Waals surface area (Å²) >= 11 is 0. The molecule has 12 N–H and O–H groups in total. The van der Waals surface area contributed by atoms with Crippen molar-refractivity contribution in [2.24, 2.45) is 21.7 Å². The molecule has 302 valence electrons. The van der Waals surface area contributed by atoms with Crippen LogP contribution in [0.15, 0.2) is 94.9 Å². The molecule has 0 aliphatic heterocycles. The fourth-order valence-corrected chi connectivity index (χ4v) is 4.16. The molecule has 22 heteroatoms. The molecule has 0 radical (unpaired) electrons. The number of nitrogen functional groups attached to an aromatic ring is 2. The van der Waals surface area contributed by atoms with Crippen molar-refractivity contribution in [3.05, 3.63) is 118 Å². The summed E-state index contributed by atoms with van der Waals surface area (Å²) in [7, 11) is 1.56. The molecule has 0 heterocycles. The SMILES string of the molecule is CNNC(=O)c1ccc(C(=O)NNC(=O)Nc2cc(NC(C)=O)ccc2C)cc1.Cc1ccc(N=C=O)cc1N=C=O.NNC(=O)c1ccc(C(=O)NN)cc1.P.[U]. The molecule has 0 saturated heterocycles. The Hall–Kier alpha value is -6.38. The molecule has 0 aliphatic rings. The number of benzene rings is 4. The molecule has 4 aromatic carbocycles. The third kappa shape index (κ3) is 17.6. The normalized spacial score (nSPS) is 9.07. The Labute approximate surface area is 359 Å². The molecular weight excluding hydrogens is 997 g/mol. The first-order valence-electron chi connectivity index (χ1n) is 16.0. The maximum atomic E-state index is 12.1. The summed E-state index contributed by atoms with van der Waals surface area (Å²) in [6.07, 6.45) is 2.84. The maximum Gasteiger partial charge on any atom is 0.337 e. The summed E-state index contributed by atoms with van der Waals surface area (Å²) in [6, 6.07) is 21.1. The van der Waals surface area contributed by atoms with Gasteiger partial charge >= 0.3 is 6.03 Å². The van der Waals surface area contributed by atoms with Gasteiger partial charge in [-0.15, -0.1) is 0 Å². The largest absolute Gasteiger partial charge is 0.337 e. The van der Waals surface area contributed by atoms with E-state index in [9.17, 15) is 38.4 Å². The molecule has 0 saturated carbocycles. The zero-order valence-corrected chi connectivity index (χ0v) is 37.2. The van der Waals surface area contributed by atoms with Gasteiger partial charge in [0.1, 0.15) is 0 Å². The number of carbonyl (C=O) groups is 6. The van der Waals surface area contributed by atoms with Crippen molar-refractivity contribution in [3.63, 3.8) is 0 Å². The summed E-state index contributed by atoms with van der Waals surface area (Å²) in [6.45, 7) is 4.97. The number of hydrogen-bond donors (Lipinski definition) is 10.